The summed E-state index contributed by atoms with van der Waals surface area (Å²) in [5, 5.41) is 7.17. The monoisotopic (exact) mass is 470 g/mol. The third-order valence-corrected chi connectivity index (χ3v) is 6.90. The summed E-state index contributed by atoms with van der Waals surface area (Å²) >= 11 is 0. The van der Waals surface area contributed by atoms with Gasteiger partial charge in [0.1, 0.15) is 11.6 Å². The second-order valence-corrected chi connectivity index (χ2v) is 9.49. The third-order valence-electron chi connectivity index (χ3n) is 5.39. The predicted octanol–water partition coefficient (Wildman–Crippen LogP) is 4.12. The predicted molar refractivity (Wildman–Crippen MR) is 122 cm³/mol. The first-order chi connectivity index (χ1) is 15.7. The van der Waals surface area contributed by atoms with Crippen LogP contribution in [0.25, 0.3) is 11.1 Å². The fourth-order valence-electron chi connectivity index (χ4n) is 3.78. The first kappa shape index (κ1) is 22.7. The third kappa shape index (κ3) is 4.38. The topological polar surface area (TPSA) is 110 Å². The zero-order chi connectivity index (χ0) is 23.8. The lowest BCUT2D eigenvalue weighted by molar-refractivity contribution is -0.116. The van der Waals surface area contributed by atoms with Crippen molar-refractivity contribution in [2.45, 2.75) is 44.4 Å². The van der Waals surface area contributed by atoms with E-state index in [2.05, 4.69) is 15.1 Å². The second kappa shape index (κ2) is 8.78. The van der Waals surface area contributed by atoms with Crippen molar-refractivity contribution >= 4 is 33.3 Å². The van der Waals surface area contributed by atoms with E-state index in [-0.39, 0.29) is 41.1 Å². The number of hydrogen-bond donors (Lipinski definition) is 2. The summed E-state index contributed by atoms with van der Waals surface area (Å²) in [6, 6.07) is 10.3. The molecule has 0 radical (unpaired) electrons. The van der Waals surface area contributed by atoms with Gasteiger partial charge in [0.2, 0.25) is 11.8 Å². The molecule has 1 aromatic heterocycles. The van der Waals surface area contributed by atoms with Crippen LogP contribution in [0.15, 0.2) is 47.4 Å². The number of benzene rings is 2. The van der Waals surface area contributed by atoms with E-state index in [0.29, 0.717) is 28.8 Å². The Balaban J connectivity index is 1.85. The summed E-state index contributed by atoms with van der Waals surface area (Å²) in [4.78, 5) is 24.7. The molecular formula is C23H23FN4O4S. The van der Waals surface area contributed by atoms with Gasteiger partial charge in [0.05, 0.1) is 16.3 Å². The fourth-order valence-corrected chi connectivity index (χ4v) is 5.12. The molecule has 0 aliphatic carbocycles. The number of nitrogens with zero attached hydrogens (tertiary/aromatic N) is 2. The van der Waals surface area contributed by atoms with Crippen LogP contribution < -0.4 is 10.0 Å². The van der Waals surface area contributed by atoms with Gasteiger partial charge in [0.15, 0.2) is 0 Å². The summed E-state index contributed by atoms with van der Waals surface area (Å²) in [5.41, 5.74) is 1.86. The number of aryl methyl sites for hydroxylation is 2. The summed E-state index contributed by atoms with van der Waals surface area (Å²) in [6.45, 7) is 3.59. The molecule has 33 heavy (non-hydrogen) atoms. The number of halogens is 1. The van der Waals surface area contributed by atoms with Crippen molar-refractivity contribution < 1.29 is 22.4 Å². The molecule has 0 atom stereocenters. The lowest BCUT2D eigenvalue weighted by atomic mass is 10.0. The number of amides is 1. The summed E-state index contributed by atoms with van der Waals surface area (Å²) in [5.74, 6) is -1.08. The molecule has 172 valence electrons. The van der Waals surface area contributed by atoms with Crippen LogP contribution in [0.3, 0.4) is 0 Å². The van der Waals surface area contributed by atoms with Gasteiger partial charge in [-0.1, -0.05) is 37.6 Å². The molecule has 0 bridgehead atoms. The number of fused-ring (bicyclic) bond motifs is 1. The Morgan fingerprint density at radius 3 is 2.64 bits per heavy atom. The summed E-state index contributed by atoms with van der Waals surface area (Å²) in [7, 11) is -4.13. The van der Waals surface area contributed by atoms with Crippen LogP contribution in [0.5, 0.6) is 0 Å². The molecule has 2 N–H and O–H groups in total. The Bertz CT molecular complexity index is 1360. The Morgan fingerprint density at radius 2 is 1.91 bits per heavy atom. The fraction of sp³-hybridized carbons (Fsp3) is 0.261. The van der Waals surface area contributed by atoms with Gasteiger partial charge < -0.3 is 5.32 Å². The first-order valence-corrected chi connectivity index (χ1v) is 12.0. The SMILES string of the molecule is CCCc1nn2c(c1-c1ccc(C)c(S(=O)(=O)Nc3ccccc3F)c1)NC(=O)CCC2=O. The van der Waals surface area contributed by atoms with Gasteiger partial charge in [0.25, 0.3) is 10.0 Å². The highest BCUT2D eigenvalue weighted by Crippen LogP contribution is 2.36. The maximum Gasteiger partial charge on any atom is 0.262 e. The molecule has 8 nitrogen and oxygen atoms in total. The van der Waals surface area contributed by atoms with E-state index < -0.39 is 15.8 Å². The quantitative estimate of drug-likeness (QED) is 0.563. The standard InChI is InChI=1S/C23H23FN4O4S/c1-3-6-18-22(23-25-20(29)11-12-21(30)28(23)26-18)15-10-9-14(2)19(13-15)33(31,32)27-17-8-5-4-7-16(17)24/h4-5,7-10,13,27H,3,6,11-12H2,1-2H3,(H,25,29). The van der Waals surface area contributed by atoms with Gasteiger partial charge in [0, 0.05) is 18.4 Å². The van der Waals surface area contributed by atoms with Crippen molar-refractivity contribution in [3.8, 4) is 11.1 Å². The van der Waals surface area contributed by atoms with Crippen LogP contribution in [0.1, 0.15) is 42.2 Å². The smallest absolute Gasteiger partial charge is 0.262 e. The zero-order valence-electron chi connectivity index (χ0n) is 18.2. The number of aromatic nitrogens is 2. The van der Waals surface area contributed by atoms with E-state index in [1.54, 1.807) is 19.1 Å². The van der Waals surface area contributed by atoms with Crippen molar-refractivity contribution in [3.63, 3.8) is 0 Å². The van der Waals surface area contributed by atoms with E-state index in [9.17, 15) is 22.4 Å². The molecule has 2 heterocycles. The normalized spacial score (nSPS) is 13.9. The molecule has 0 spiro atoms. The van der Waals surface area contributed by atoms with Crippen LogP contribution in [-0.2, 0) is 21.2 Å². The van der Waals surface area contributed by atoms with Crippen molar-refractivity contribution in [1.29, 1.82) is 0 Å². The summed E-state index contributed by atoms with van der Waals surface area (Å²) < 4.78 is 43.8. The number of para-hydroxylation sites is 1. The van der Waals surface area contributed by atoms with E-state index >= 15 is 0 Å². The number of rotatable bonds is 6. The van der Waals surface area contributed by atoms with E-state index in [4.69, 9.17) is 0 Å². The average Bonchev–Trinajstić information content (AvgIpc) is 3.05. The lowest BCUT2D eigenvalue weighted by Gasteiger charge is -2.14. The minimum Gasteiger partial charge on any atom is -0.310 e. The number of nitrogens with one attached hydrogen (secondary N) is 2. The average molecular weight is 471 g/mol. The van der Waals surface area contributed by atoms with Gasteiger partial charge in [-0.2, -0.15) is 9.78 Å². The largest absolute Gasteiger partial charge is 0.310 e. The first-order valence-electron chi connectivity index (χ1n) is 10.5. The molecule has 1 aliphatic rings. The van der Waals surface area contributed by atoms with Crippen LogP contribution in [-0.4, -0.2) is 30.0 Å². The summed E-state index contributed by atoms with van der Waals surface area (Å²) in [6.07, 6.45) is 1.34. The van der Waals surface area contributed by atoms with E-state index in [1.165, 1.54) is 35.0 Å². The highest BCUT2D eigenvalue weighted by atomic mass is 32.2. The number of sulfonamides is 1. The minimum atomic E-state index is -4.13. The highest BCUT2D eigenvalue weighted by Gasteiger charge is 2.28. The highest BCUT2D eigenvalue weighted by molar-refractivity contribution is 7.92. The van der Waals surface area contributed by atoms with Gasteiger partial charge >= 0.3 is 0 Å². The maximum atomic E-state index is 14.1. The van der Waals surface area contributed by atoms with Crippen molar-refractivity contribution in [2.24, 2.45) is 0 Å². The minimum absolute atomic E-state index is 0.0333. The maximum absolute atomic E-state index is 14.1. The zero-order valence-corrected chi connectivity index (χ0v) is 19.0. The Hall–Kier alpha value is -3.53. The molecule has 1 aliphatic heterocycles. The Labute approximate surface area is 190 Å². The molecule has 0 fully saturated rings. The number of carbonyl (C=O) groups is 2. The molecule has 2 aromatic carbocycles. The van der Waals surface area contributed by atoms with Gasteiger partial charge in [-0.15, -0.1) is 0 Å². The van der Waals surface area contributed by atoms with E-state index in [0.717, 1.165) is 6.42 Å². The van der Waals surface area contributed by atoms with Crippen molar-refractivity contribution in [1.82, 2.24) is 9.78 Å². The second-order valence-electron chi connectivity index (χ2n) is 7.84. The molecule has 0 unspecified atom stereocenters. The lowest BCUT2D eigenvalue weighted by Crippen LogP contribution is -2.15. The molecule has 3 aromatic rings. The molecule has 0 saturated heterocycles. The van der Waals surface area contributed by atoms with Crippen LogP contribution in [0.2, 0.25) is 0 Å². The Morgan fingerprint density at radius 1 is 1.15 bits per heavy atom. The van der Waals surface area contributed by atoms with Gasteiger partial charge in [-0.05, 0) is 42.7 Å². The number of carbonyl (C=O) groups excluding carboxylic acids is 2. The molecule has 0 saturated carbocycles. The van der Waals surface area contributed by atoms with Crippen LogP contribution in [0, 0.1) is 12.7 Å². The van der Waals surface area contributed by atoms with Crippen LogP contribution >= 0.6 is 0 Å². The van der Waals surface area contributed by atoms with Crippen molar-refractivity contribution in [3.05, 3.63) is 59.5 Å². The molecule has 1 amide bonds. The van der Waals surface area contributed by atoms with Gasteiger partial charge in [-0.3, -0.25) is 14.3 Å². The Kier molecular flexibility index (Phi) is 6.03. The van der Waals surface area contributed by atoms with Crippen LogP contribution in [0.4, 0.5) is 15.9 Å². The molecule has 10 heteroatoms. The molecular weight excluding hydrogens is 447 g/mol. The van der Waals surface area contributed by atoms with Crippen molar-refractivity contribution in [2.75, 3.05) is 10.0 Å². The number of hydrogen-bond acceptors (Lipinski definition) is 5. The molecule has 4 rings (SSSR count). The number of anilines is 2. The van der Waals surface area contributed by atoms with E-state index in [1.807, 2.05) is 6.92 Å². The van der Waals surface area contributed by atoms with Gasteiger partial charge in [-0.25, -0.2) is 12.8 Å².